The van der Waals surface area contributed by atoms with E-state index in [0.717, 1.165) is 41.7 Å². The molecule has 2 aromatic rings. The lowest BCUT2D eigenvalue weighted by molar-refractivity contribution is 0.513. The van der Waals surface area contributed by atoms with Gasteiger partial charge in [-0.05, 0) is 47.4 Å². The lowest BCUT2D eigenvalue weighted by atomic mass is 10.0. The number of hydrogen-bond acceptors (Lipinski definition) is 4. The van der Waals surface area contributed by atoms with Gasteiger partial charge in [0.05, 0.1) is 22.1 Å². The first kappa shape index (κ1) is 16.1. The summed E-state index contributed by atoms with van der Waals surface area (Å²) in [4.78, 5) is 0. The van der Waals surface area contributed by atoms with Crippen LogP contribution in [-0.2, 0) is 19.4 Å². The summed E-state index contributed by atoms with van der Waals surface area (Å²) < 4.78 is 3.22. The summed E-state index contributed by atoms with van der Waals surface area (Å²) in [5.41, 5.74) is 3.51. The van der Waals surface area contributed by atoms with E-state index in [1.807, 2.05) is 12.3 Å². The quantitative estimate of drug-likeness (QED) is 0.833. The van der Waals surface area contributed by atoms with Crippen molar-refractivity contribution in [3.05, 3.63) is 39.9 Å². The van der Waals surface area contributed by atoms with Crippen molar-refractivity contribution >= 4 is 15.9 Å². The van der Waals surface area contributed by atoms with Crippen molar-refractivity contribution in [3.8, 4) is 0 Å². The maximum absolute atomic E-state index is 4.67. The fourth-order valence-electron chi connectivity index (χ4n) is 2.47. The van der Waals surface area contributed by atoms with Gasteiger partial charge in [-0.25, -0.2) is 0 Å². The minimum absolute atomic E-state index is 0.216. The Morgan fingerprint density at radius 3 is 2.67 bits per heavy atom. The van der Waals surface area contributed by atoms with E-state index in [1.54, 1.807) is 6.20 Å². The smallest absolute Gasteiger partial charge is 0.0766 e. The van der Waals surface area contributed by atoms with E-state index in [0.29, 0.717) is 0 Å². The standard InChI is InChI=1S/C15H22BrN5/c1-4-12-15(16)14(21(6-3)20-12)9-13(17-5-2)11-7-8-18-19-10-11/h7-8,10,13,17H,4-6,9H2,1-3H3. The number of rotatable bonds is 7. The number of nitrogens with zero attached hydrogens (tertiary/aromatic N) is 4. The monoisotopic (exact) mass is 351 g/mol. The number of halogens is 1. The fraction of sp³-hybridized carbons (Fsp3) is 0.533. The van der Waals surface area contributed by atoms with Gasteiger partial charge in [-0.2, -0.15) is 15.3 Å². The average Bonchev–Trinajstić information content (AvgIpc) is 2.83. The van der Waals surface area contributed by atoms with Gasteiger partial charge in [0.1, 0.15) is 0 Å². The molecule has 0 aliphatic rings. The Bertz CT molecular complexity index is 567. The molecule has 0 radical (unpaired) electrons. The molecule has 1 N–H and O–H groups in total. The topological polar surface area (TPSA) is 55.6 Å². The van der Waals surface area contributed by atoms with Gasteiger partial charge in [0.25, 0.3) is 0 Å². The molecule has 2 rings (SSSR count). The van der Waals surface area contributed by atoms with E-state index in [4.69, 9.17) is 0 Å². The number of likely N-dealkylation sites (N-methyl/N-ethyl adjacent to an activating group) is 1. The molecule has 0 saturated carbocycles. The molecule has 0 aliphatic heterocycles. The third kappa shape index (κ3) is 3.68. The molecular weight excluding hydrogens is 330 g/mol. The molecule has 0 saturated heterocycles. The highest BCUT2D eigenvalue weighted by Gasteiger charge is 2.19. The normalized spacial score (nSPS) is 12.6. The second-order valence-corrected chi connectivity index (χ2v) is 5.66. The van der Waals surface area contributed by atoms with Crippen LogP contribution in [0.1, 0.15) is 43.8 Å². The van der Waals surface area contributed by atoms with Gasteiger partial charge < -0.3 is 5.32 Å². The minimum atomic E-state index is 0.216. The van der Waals surface area contributed by atoms with Gasteiger partial charge in [0.15, 0.2) is 0 Å². The van der Waals surface area contributed by atoms with E-state index in [-0.39, 0.29) is 6.04 Å². The predicted octanol–water partition coefficient (Wildman–Crippen LogP) is 2.91. The summed E-state index contributed by atoms with van der Waals surface area (Å²) in [6.45, 7) is 8.15. The van der Waals surface area contributed by atoms with Gasteiger partial charge in [-0.1, -0.05) is 13.8 Å². The molecule has 2 heterocycles. The highest BCUT2D eigenvalue weighted by Crippen LogP contribution is 2.27. The summed E-state index contributed by atoms with van der Waals surface area (Å²) in [5, 5.41) is 16.0. The van der Waals surface area contributed by atoms with Crippen LogP contribution in [0, 0.1) is 0 Å². The third-order valence-corrected chi connectivity index (χ3v) is 4.47. The Balaban J connectivity index is 2.31. The van der Waals surface area contributed by atoms with Crippen LogP contribution >= 0.6 is 15.9 Å². The van der Waals surface area contributed by atoms with Crippen LogP contribution in [0.4, 0.5) is 0 Å². The SMILES string of the molecule is CCNC(Cc1c(Br)c(CC)nn1CC)c1ccnnc1. The second kappa shape index (κ2) is 7.66. The van der Waals surface area contributed by atoms with Crippen LogP contribution in [-0.4, -0.2) is 26.5 Å². The molecule has 0 bridgehead atoms. The third-order valence-electron chi connectivity index (χ3n) is 3.55. The van der Waals surface area contributed by atoms with Crippen LogP contribution in [0.5, 0.6) is 0 Å². The Labute approximate surface area is 134 Å². The fourth-order valence-corrected chi connectivity index (χ4v) is 3.19. The molecule has 2 aromatic heterocycles. The maximum atomic E-state index is 4.67. The number of nitrogens with one attached hydrogen (secondary N) is 1. The molecule has 0 aromatic carbocycles. The lowest BCUT2D eigenvalue weighted by Crippen LogP contribution is -2.24. The number of aromatic nitrogens is 4. The van der Waals surface area contributed by atoms with Gasteiger partial charge in [0.2, 0.25) is 0 Å². The summed E-state index contributed by atoms with van der Waals surface area (Å²) in [6, 6.07) is 2.23. The van der Waals surface area contributed by atoms with Crippen LogP contribution in [0.3, 0.4) is 0 Å². The van der Waals surface area contributed by atoms with Gasteiger partial charge in [-0.3, -0.25) is 4.68 Å². The molecule has 5 nitrogen and oxygen atoms in total. The molecule has 114 valence electrons. The summed E-state index contributed by atoms with van der Waals surface area (Å²) in [5.74, 6) is 0. The zero-order chi connectivity index (χ0) is 15.2. The zero-order valence-corrected chi connectivity index (χ0v) is 14.4. The Morgan fingerprint density at radius 1 is 1.29 bits per heavy atom. The second-order valence-electron chi connectivity index (χ2n) is 4.87. The zero-order valence-electron chi connectivity index (χ0n) is 12.8. The van der Waals surface area contributed by atoms with Crippen molar-refractivity contribution in [1.82, 2.24) is 25.3 Å². The largest absolute Gasteiger partial charge is 0.310 e. The van der Waals surface area contributed by atoms with Crippen molar-refractivity contribution in [3.63, 3.8) is 0 Å². The summed E-state index contributed by atoms with van der Waals surface area (Å²) in [6.07, 6.45) is 5.38. The van der Waals surface area contributed by atoms with Crippen LogP contribution in [0.15, 0.2) is 22.9 Å². The Hall–Kier alpha value is -1.27. The molecule has 0 spiro atoms. The van der Waals surface area contributed by atoms with E-state index in [2.05, 4.69) is 62.0 Å². The first-order valence-corrected chi connectivity index (χ1v) is 8.24. The highest BCUT2D eigenvalue weighted by molar-refractivity contribution is 9.10. The van der Waals surface area contributed by atoms with E-state index in [1.165, 1.54) is 5.69 Å². The molecule has 0 fully saturated rings. The van der Waals surface area contributed by atoms with E-state index < -0.39 is 0 Å². The van der Waals surface area contributed by atoms with Gasteiger partial charge in [-0.15, -0.1) is 0 Å². The Morgan fingerprint density at radius 2 is 2.10 bits per heavy atom. The molecule has 21 heavy (non-hydrogen) atoms. The molecule has 0 amide bonds. The predicted molar refractivity (Wildman–Crippen MR) is 87.1 cm³/mol. The van der Waals surface area contributed by atoms with E-state index >= 15 is 0 Å². The van der Waals surface area contributed by atoms with Crippen LogP contribution in [0.25, 0.3) is 0 Å². The average molecular weight is 352 g/mol. The molecule has 0 aliphatic carbocycles. The van der Waals surface area contributed by atoms with E-state index in [9.17, 15) is 0 Å². The van der Waals surface area contributed by atoms with Crippen LogP contribution in [0.2, 0.25) is 0 Å². The lowest BCUT2D eigenvalue weighted by Gasteiger charge is -2.18. The highest BCUT2D eigenvalue weighted by atomic mass is 79.9. The summed E-state index contributed by atoms with van der Waals surface area (Å²) >= 11 is 3.72. The first-order chi connectivity index (χ1) is 10.2. The maximum Gasteiger partial charge on any atom is 0.0766 e. The van der Waals surface area contributed by atoms with Gasteiger partial charge >= 0.3 is 0 Å². The van der Waals surface area contributed by atoms with Crippen molar-refractivity contribution in [2.45, 2.75) is 46.2 Å². The number of hydrogen-bond donors (Lipinski definition) is 1. The molecular formula is C15H22BrN5. The minimum Gasteiger partial charge on any atom is -0.310 e. The molecule has 6 heteroatoms. The van der Waals surface area contributed by atoms with Crippen molar-refractivity contribution in [2.75, 3.05) is 6.54 Å². The Kier molecular flexibility index (Phi) is 5.87. The number of aryl methyl sites for hydroxylation is 2. The van der Waals surface area contributed by atoms with Crippen molar-refractivity contribution < 1.29 is 0 Å². The van der Waals surface area contributed by atoms with Crippen molar-refractivity contribution in [1.29, 1.82) is 0 Å². The van der Waals surface area contributed by atoms with Crippen LogP contribution < -0.4 is 5.32 Å². The van der Waals surface area contributed by atoms with Gasteiger partial charge in [0, 0.05) is 25.2 Å². The molecule has 1 atom stereocenters. The first-order valence-electron chi connectivity index (χ1n) is 7.45. The van der Waals surface area contributed by atoms with Crippen molar-refractivity contribution in [2.24, 2.45) is 0 Å². The summed E-state index contributed by atoms with van der Waals surface area (Å²) in [7, 11) is 0. The molecule has 1 unspecified atom stereocenters.